The van der Waals surface area contributed by atoms with Crippen LogP contribution in [-0.2, 0) is 0 Å². The molecule has 1 amide bonds. The van der Waals surface area contributed by atoms with Gasteiger partial charge in [0.2, 0.25) is 5.95 Å². The van der Waals surface area contributed by atoms with Gasteiger partial charge in [0.25, 0.3) is 5.91 Å². The highest BCUT2D eigenvalue weighted by molar-refractivity contribution is 7.99. The van der Waals surface area contributed by atoms with Gasteiger partial charge in [0.1, 0.15) is 16.6 Å². The van der Waals surface area contributed by atoms with Gasteiger partial charge in [0.05, 0.1) is 34.9 Å². The lowest BCUT2D eigenvalue weighted by molar-refractivity contribution is 0.0985. The molecule has 3 heterocycles. The lowest BCUT2D eigenvalue weighted by Crippen LogP contribution is -2.50. The van der Waals surface area contributed by atoms with E-state index in [9.17, 15) is 9.18 Å². The molecule has 2 aliphatic rings. The molecule has 182 valence electrons. The first kappa shape index (κ1) is 23.7. The van der Waals surface area contributed by atoms with Gasteiger partial charge in [0, 0.05) is 43.6 Å². The Morgan fingerprint density at radius 2 is 2.17 bits per heavy atom. The molecule has 1 aromatic heterocycles. The largest absolute Gasteiger partial charge is 0.495 e. The lowest BCUT2D eigenvalue weighted by atomic mass is 10.1. The molecule has 0 aliphatic carbocycles. The SMILES string of the molecule is COc1cc(Nc2ncc3c(n2)SCN(c2c(F)cccc2Cl)C3=O)ccc1N1CCNC[C@@H]1C. The minimum Gasteiger partial charge on any atom is -0.495 e. The van der Waals surface area contributed by atoms with Crippen molar-refractivity contribution in [2.75, 3.05) is 47.7 Å². The molecule has 0 unspecified atom stereocenters. The van der Waals surface area contributed by atoms with Gasteiger partial charge in [-0.3, -0.25) is 9.69 Å². The van der Waals surface area contributed by atoms with Gasteiger partial charge < -0.3 is 20.3 Å². The zero-order chi connectivity index (χ0) is 24.5. The topological polar surface area (TPSA) is 82.6 Å². The minimum absolute atomic E-state index is 0.0607. The summed E-state index contributed by atoms with van der Waals surface area (Å²) in [5.74, 6) is 0.347. The number of rotatable bonds is 5. The van der Waals surface area contributed by atoms with Crippen LogP contribution in [0.25, 0.3) is 0 Å². The van der Waals surface area contributed by atoms with Crippen molar-refractivity contribution in [1.82, 2.24) is 15.3 Å². The quantitative estimate of drug-likeness (QED) is 0.481. The third-order valence-electron chi connectivity index (χ3n) is 6.01. The Hall–Kier alpha value is -3.08. The molecule has 1 fully saturated rings. The first-order valence-corrected chi connectivity index (χ1v) is 12.5. The summed E-state index contributed by atoms with van der Waals surface area (Å²) in [6.45, 7) is 4.92. The summed E-state index contributed by atoms with van der Waals surface area (Å²) in [6, 6.07) is 10.6. The zero-order valence-corrected chi connectivity index (χ0v) is 20.8. The summed E-state index contributed by atoms with van der Waals surface area (Å²) in [5.41, 5.74) is 2.16. The maximum Gasteiger partial charge on any atom is 0.263 e. The molecule has 8 nitrogen and oxygen atoms in total. The number of methoxy groups -OCH3 is 1. The zero-order valence-electron chi connectivity index (χ0n) is 19.2. The van der Waals surface area contributed by atoms with E-state index in [4.69, 9.17) is 16.3 Å². The fourth-order valence-corrected chi connectivity index (χ4v) is 5.46. The number of hydrogen-bond acceptors (Lipinski definition) is 8. The van der Waals surface area contributed by atoms with Crippen molar-refractivity contribution < 1.29 is 13.9 Å². The molecule has 0 bridgehead atoms. The Morgan fingerprint density at radius 1 is 1.31 bits per heavy atom. The summed E-state index contributed by atoms with van der Waals surface area (Å²) in [5, 5.41) is 7.29. The van der Waals surface area contributed by atoms with Crippen molar-refractivity contribution in [3.05, 3.63) is 59.0 Å². The molecule has 5 rings (SSSR count). The second-order valence-electron chi connectivity index (χ2n) is 8.25. The summed E-state index contributed by atoms with van der Waals surface area (Å²) < 4.78 is 20.0. The fraction of sp³-hybridized carbons (Fsp3) is 0.292. The van der Waals surface area contributed by atoms with E-state index in [2.05, 4.69) is 32.4 Å². The summed E-state index contributed by atoms with van der Waals surface area (Å²) in [4.78, 5) is 25.5. The van der Waals surface area contributed by atoms with Crippen molar-refractivity contribution in [3.8, 4) is 5.75 Å². The molecule has 35 heavy (non-hydrogen) atoms. The van der Waals surface area contributed by atoms with Crippen LogP contribution in [-0.4, -0.2) is 54.5 Å². The van der Waals surface area contributed by atoms with Crippen LogP contribution in [0.2, 0.25) is 5.02 Å². The second kappa shape index (κ2) is 9.88. The van der Waals surface area contributed by atoms with E-state index in [1.54, 1.807) is 13.2 Å². The number of piperazine rings is 1. The van der Waals surface area contributed by atoms with Gasteiger partial charge in [-0.05, 0) is 31.2 Å². The smallest absolute Gasteiger partial charge is 0.263 e. The Labute approximate surface area is 211 Å². The number of carbonyl (C=O) groups excluding carboxylic acids is 1. The van der Waals surface area contributed by atoms with Gasteiger partial charge >= 0.3 is 0 Å². The average molecular weight is 515 g/mol. The normalized spacial score (nSPS) is 17.8. The molecule has 2 aromatic carbocycles. The highest BCUT2D eigenvalue weighted by atomic mass is 35.5. The molecule has 0 radical (unpaired) electrons. The number of halogens is 2. The van der Waals surface area contributed by atoms with Gasteiger partial charge in [-0.25, -0.2) is 14.4 Å². The molecule has 0 spiro atoms. The molecule has 1 saturated heterocycles. The van der Waals surface area contributed by atoms with Gasteiger partial charge in [-0.15, -0.1) is 0 Å². The number of thioether (sulfide) groups is 1. The monoisotopic (exact) mass is 514 g/mol. The second-order valence-corrected chi connectivity index (χ2v) is 9.59. The molecule has 1 atom stereocenters. The van der Waals surface area contributed by atoms with Gasteiger partial charge in [-0.2, -0.15) is 0 Å². The van der Waals surface area contributed by atoms with Crippen LogP contribution in [0.5, 0.6) is 5.75 Å². The van der Waals surface area contributed by atoms with E-state index >= 15 is 0 Å². The average Bonchev–Trinajstić information content (AvgIpc) is 2.85. The predicted molar refractivity (Wildman–Crippen MR) is 137 cm³/mol. The molecule has 3 aromatic rings. The van der Waals surface area contributed by atoms with Crippen LogP contribution in [0.15, 0.2) is 47.6 Å². The third kappa shape index (κ3) is 4.61. The standard InChI is InChI=1S/C24H24ClFN6O2S/c1-14-11-27-8-9-31(14)19-7-6-15(10-20(19)34-2)29-24-28-12-16-22(30-24)35-13-32(23(16)33)21-17(25)4-3-5-18(21)26/h3-7,10,12,14,27H,8-9,11,13H2,1-2H3,(H,28,29,30)/t14-/m0/s1. The van der Waals surface area contributed by atoms with Crippen LogP contribution in [0.1, 0.15) is 17.3 Å². The molecule has 2 aliphatic heterocycles. The predicted octanol–water partition coefficient (Wildman–Crippen LogP) is 4.53. The van der Waals surface area contributed by atoms with Crippen LogP contribution in [0, 0.1) is 5.82 Å². The number of aromatic nitrogens is 2. The number of para-hydroxylation sites is 1. The van der Waals surface area contributed by atoms with E-state index in [-0.39, 0.29) is 16.6 Å². The number of ether oxygens (including phenoxy) is 1. The molecule has 2 N–H and O–H groups in total. The van der Waals surface area contributed by atoms with Crippen molar-refractivity contribution in [2.24, 2.45) is 0 Å². The Balaban J connectivity index is 1.36. The van der Waals surface area contributed by atoms with E-state index in [0.29, 0.717) is 22.6 Å². The van der Waals surface area contributed by atoms with Crippen LogP contribution < -0.4 is 25.2 Å². The number of carbonyl (C=O) groups is 1. The number of benzene rings is 2. The van der Waals surface area contributed by atoms with Crippen molar-refractivity contribution in [2.45, 2.75) is 18.0 Å². The van der Waals surface area contributed by atoms with Crippen molar-refractivity contribution >= 4 is 52.3 Å². The molecule has 0 saturated carbocycles. The molecule has 11 heteroatoms. The minimum atomic E-state index is -0.554. The van der Waals surface area contributed by atoms with Crippen LogP contribution >= 0.6 is 23.4 Å². The van der Waals surface area contributed by atoms with Gasteiger partial charge in [-0.1, -0.05) is 29.4 Å². The lowest BCUT2D eigenvalue weighted by Gasteiger charge is -2.36. The Bertz CT molecular complexity index is 1260. The maximum atomic E-state index is 14.4. The number of amides is 1. The Morgan fingerprint density at radius 3 is 2.94 bits per heavy atom. The number of nitrogens with one attached hydrogen (secondary N) is 2. The van der Waals surface area contributed by atoms with E-state index < -0.39 is 11.7 Å². The van der Waals surface area contributed by atoms with E-state index in [1.807, 2.05) is 18.2 Å². The summed E-state index contributed by atoms with van der Waals surface area (Å²) in [6.07, 6.45) is 1.45. The molecular formula is C24H24ClFN6O2S. The number of anilines is 4. The first-order valence-electron chi connectivity index (χ1n) is 11.1. The number of hydrogen-bond donors (Lipinski definition) is 2. The van der Waals surface area contributed by atoms with E-state index in [0.717, 1.165) is 36.8 Å². The number of nitrogens with zero attached hydrogens (tertiary/aromatic N) is 4. The van der Waals surface area contributed by atoms with Crippen LogP contribution in [0.4, 0.5) is 27.4 Å². The van der Waals surface area contributed by atoms with Crippen molar-refractivity contribution in [3.63, 3.8) is 0 Å². The fourth-order valence-electron chi connectivity index (χ4n) is 4.25. The molecular weight excluding hydrogens is 491 g/mol. The highest BCUT2D eigenvalue weighted by Crippen LogP contribution is 2.38. The summed E-state index contributed by atoms with van der Waals surface area (Å²) in [7, 11) is 1.65. The highest BCUT2D eigenvalue weighted by Gasteiger charge is 2.31. The Kier molecular flexibility index (Phi) is 6.68. The van der Waals surface area contributed by atoms with Crippen molar-refractivity contribution in [1.29, 1.82) is 0 Å². The van der Waals surface area contributed by atoms with E-state index in [1.165, 1.54) is 35.0 Å². The maximum absolute atomic E-state index is 14.4. The third-order valence-corrected chi connectivity index (χ3v) is 7.29. The number of fused-ring (bicyclic) bond motifs is 1. The van der Waals surface area contributed by atoms with Crippen LogP contribution in [0.3, 0.4) is 0 Å². The summed E-state index contributed by atoms with van der Waals surface area (Å²) >= 11 is 7.48. The first-order chi connectivity index (χ1) is 17.0. The van der Waals surface area contributed by atoms with Gasteiger partial charge in [0.15, 0.2) is 0 Å².